The lowest BCUT2D eigenvalue weighted by molar-refractivity contribution is -0.140. The number of nitrogens with zero attached hydrogens (tertiary/aromatic N) is 2. The van der Waals surface area contributed by atoms with Gasteiger partial charge in [-0.05, 0) is 41.8 Å². The second kappa shape index (κ2) is 14.8. The Morgan fingerprint density at radius 3 is 2.33 bits per heavy atom. The van der Waals surface area contributed by atoms with E-state index in [4.69, 9.17) is 32.7 Å². The highest BCUT2D eigenvalue weighted by Crippen LogP contribution is 2.35. The second-order valence-corrected chi connectivity index (χ2v) is 12.9. The zero-order chi connectivity index (χ0) is 31.0. The topological polar surface area (TPSA) is 105 Å². The summed E-state index contributed by atoms with van der Waals surface area (Å²) in [6.45, 7) is 2.61. The minimum absolute atomic E-state index is 0.00678. The van der Waals surface area contributed by atoms with Gasteiger partial charge in [0.15, 0.2) is 11.5 Å². The van der Waals surface area contributed by atoms with Crippen molar-refractivity contribution >= 4 is 50.7 Å². The summed E-state index contributed by atoms with van der Waals surface area (Å²) in [4.78, 5) is 29.3. The van der Waals surface area contributed by atoms with Crippen molar-refractivity contribution in [2.24, 2.45) is 0 Å². The van der Waals surface area contributed by atoms with E-state index < -0.39 is 28.5 Å². The number of fused-ring (bicyclic) bond motifs is 1. The first-order chi connectivity index (χ1) is 20.6. The van der Waals surface area contributed by atoms with Crippen molar-refractivity contribution in [2.45, 2.75) is 38.8 Å². The van der Waals surface area contributed by atoms with Crippen LogP contribution < -0.4 is 19.1 Å². The predicted molar refractivity (Wildman–Crippen MR) is 168 cm³/mol. The van der Waals surface area contributed by atoms with Crippen molar-refractivity contribution < 1.29 is 27.5 Å². The van der Waals surface area contributed by atoms with E-state index in [1.54, 1.807) is 30.3 Å². The lowest BCUT2D eigenvalue weighted by Gasteiger charge is -2.33. The lowest BCUT2D eigenvalue weighted by Crippen LogP contribution is -2.53. The van der Waals surface area contributed by atoms with Gasteiger partial charge in [-0.2, -0.15) is 0 Å². The van der Waals surface area contributed by atoms with Crippen molar-refractivity contribution in [3.8, 4) is 11.5 Å². The minimum atomic E-state index is -3.93. The second-order valence-electron chi connectivity index (χ2n) is 10.2. The first-order valence-electron chi connectivity index (χ1n) is 14.0. The maximum Gasteiger partial charge on any atom is 0.244 e. The molecule has 3 aromatic carbocycles. The van der Waals surface area contributed by atoms with Gasteiger partial charge in [-0.3, -0.25) is 13.9 Å². The van der Waals surface area contributed by atoms with Gasteiger partial charge in [-0.15, -0.1) is 0 Å². The molecule has 0 saturated carbocycles. The molecule has 0 radical (unpaired) electrons. The summed E-state index contributed by atoms with van der Waals surface area (Å²) < 4.78 is 38.3. The van der Waals surface area contributed by atoms with Gasteiger partial charge in [0.1, 0.15) is 25.8 Å². The van der Waals surface area contributed by atoms with Crippen molar-refractivity contribution in [2.75, 3.05) is 36.9 Å². The van der Waals surface area contributed by atoms with E-state index in [-0.39, 0.29) is 24.6 Å². The predicted octanol–water partition coefficient (Wildman–Crippen LogP) is 5.09. The van der Waals surface area contributed by atoms with E-state index in [2.05, 4.69) is 5.32 Å². The molecule has 0 fully saturated rings. The van der Waals surface area contributed by atoms with E-state index in [1.807, 2.05) is 37.3 Å². The molecule has 1 heterocycles. The molecule has 0 bridgehead atoms. The van der Waals surface area contributed by atoms with Crippen LogP contribution in [-0.4, -0.2) is 63.7 Å². The van der Waals surface area contributed by atoms with Gasteiger partial charge in [-0.25, -0.2) is 8.42 Å². The average Bonchev–Trinajstić information content (AvgIpc) is 2.99. The fourth-order valence-electron chi connectivity index (χ4n) is 4.70. The molecule has 9 nitrogen and oxygen atoms in total. The fraction of sp³-hybridized carbons (Fsp3) is 0.355. The number of unbranched alkanes of at least 4 members (excludes halogenated alkanes) is 1. The average molecular weight is 649 g/mol. The molecule has 1 atom stereocenters. The summed E-state index contributed by atoms with van der Waals surface area (Å²) in [7, 11) is -3.93. The SMILES string of the molecule is CCCCNC(=O)C(Cc1ccccc1)N(Cc1ccc(Cl)c(Cl)c1)C(=O)CN(c1ccc2c(c1)OCCO2)S(C)(=O)=O. The number of amides is 2. The molecule has 1 aliphatic heterocycles. The number of sulfonamides is 1. The van der Waals surface area contributed by atoms with Crippen LogP contribution in [0.1, 0.15) is 30.9 Å². The van der Waals surface area contributed by atoms with E-state index in [0.29, 0.717) is 46.9 Å². The Labute approximate surface area is 262 Å². The Morgan fingerprint density at radius 1 is 0.930 bits per heavy atom. The molecule has 43 heavy (non-hydrogen) atoms. The van der Waals surface area contributed by atoms with Gasteiger partial charge in [0.05, 0.1) is 22.0 Å². The Kier molecular flexibility index (Phi) is 11.2. The Bertz CT molecular complexity index is 1540. The zero-order valence-electron chi connectivity index (χ0n) is 24.1. The van der Waals surface area contributed by atoms with E-state index in [0.717, 1.165) is 29.0 Å². The number of carbonyl (C=O) groups excluding carboxylic acids is 2. The Morgan fingerprint density at radius 2 is 1.65 bits per heavy atom. The standard InChI is InChI=1S/C31H35Cl2N3O6S/c1-3-4-14-34-31(38)27(18-22-8-6-5-7-9-22)35(20-23-10-12-25(32)26(33)17-23)30(37)21-36(43(2,39)40)24-11-13-28-29(19-24)42-16-15-41-28/h5-13,17,19,27H,3-4,14-16,18,20-21H2,1-2H3,(H,34,38). The first-order valence-corrected chi connectivity index (χ1v) is 16.6. The number of carbonyl (C=O) groups is 2. The molecule has 4 rings (SSSR count). The molecule has 2 amide bonds. The summed E-state index contributed by atoms with van der Waals surface area (Å²) in [5, 5.41) is 3.60. The first kappa shape index (κ1) is 32.4. The third kappa shape index (κ3) is 8.78. The summed E-state index contributed by atoms with van der Waals surface area (Å²) in [5.74, 6) is -0.0358. The molecular weight excluding hydrogens is 613 g/mol. The third-order valence-corrected chi connectivity index (χ3v) is 8.81. The molecule has 1 unspecified atom stereocenters. The van der Waals surface area contributed by atoms with Crippen molar-refractivity contribution in [1.29, 1.82) is 0 Å². The maximum absolute atomic E-state index is 14.2. The number of hydrogen-bond acceptors (Lipinski definition) is 6. The largest absolute Gasteiger partial charge is 0.486 e. The van der Waals surface area contributed by atoms with Crippen LogP contribution in [-0.2, 0) is 32.6 Å². The van der Waals surface area contributed by atoms with Crippen LogP contribution in [0.4, 0.5) is 5.69 Å². The molecule has 1 aliphatic rings. The van der Waals surface area contributed by atoms with Gasteiger partial charge >= 0.3 is 0 Å². The van der Waals surface area contributed by atoms with Gasteiger partial charge in [0, 0.05) is 25.6 Å². The fourth-order valence-corrected chi connectivity index (χ4v) is 5.86. The van der Waals surface area contributed by atoms with Crippen LogP contribution in [0.5, 0.6) is 11.5 Å². The van der Waals surface area contributed by atoms with Gasteiger partial charge in [-0.1, -0.05) is 72.9 Å². The molecule has 230 valence electrons. The number of halogens is 2. The summed E-state index contributed by atoms with van der Waals surface area (Å²) >= 11 is 12.4. The lowest BCUT2D eigenvalue weighted by atomic mass is 10.0. The molecule has 0 aliphatic carbocycles. The highest BCUT2D eigenvalue weighted by atomic mass is 35.5. The highest BCUT2D eigenvalue weighted by molar-refractivity contribution is 7.92. The number of benzene rings is 3. The minimum Gasteiger partial charge on any atom is -0.486 e. The van der Waals surface area contributed by atoms with Crippen molar-refractivity contribution in [3.63, 3.8) is 0 Å². The van der Waals surface area contributed by atoms with Gasteiger partial charge in [0.25, 0.3) is 0 Å². The van der Waals surface area contributed by atoms with Crippen LogP contribution in [0, 0.1) is 0 Å². The molecule has 1 N–H and O–H groups in total. The molecule has 12 heteroatoms. The van der Waals surface area contributed by atoms with E-state index >= 15 is 0 Å². The number of anilines is 1. The van der Waals surface area contributed by atoms with Crippen LogP contribution >= 0.6 is 23.2 Å². The number of ether oxygens (including phenoxy) is 2. The van der Waals surface area contributed by atoms with Crippen LogP contribution in [0.2, 0.25) is 10.0 Å². The maximum atomic E-state index is 14.2. The van der Waals surface area contributed by atoms with E-state index in [9.17, 15) is 18.0 Å². The number of nitrogens with one attached hydrogen (secondary N) is 1. The van der Waals surface area contributed by atoms with Crippen LogP contribution in [0.15, 0.2) is 66.7 Å². The smallest absolute Gasteiger partial charge is 0.244 e. The highest BCUT2D eigenvalue weighted by Gasteiger charge is 2.33. The molecule has 0 aromatic heterocycles. The van der Waals surface area contributed by atoms with Crippen molar-refractivity contribution in [3.05, 3.63) is 87.9 Å². The molecule has 0 spiro atoms. The number of hydrogen-bond donors (Lipinski definition) is 1. The Balaban J connectivity index is 1.73. The molecular formula is C31H35Cl2N3O6S. The van der Waals surface area contributed by atoms with Crippen LogP contribution in [0.25, 0.3) is 0 Å². The Hall–Kier alpha value is -3.47. The quantitative estimate of drug-likeness (QED) is 0.259. The van der Waals surface area contributed by atoms with Crippen molar-refractivity contribution in [1.82, 2.24) is 10.2 Å². The summed E-state index contributed by atoms with van der Waals surface area (Å²) in [6.07, 6.45) is 2.90. The zero-order valence-corrected chi connectivity index (χ0v) is 26.4. The molecule has 3 aromatic rings. The monoisotopic (exact) mass is 647 g/mol. The summed E-state index contributed by atoms with van der Waals surface area (Å²) in [6, 6.07) is 18.1. The van der Waals surface area contributed by atoms with E-state index in [1.165, 1.54) is 11.0 Å². The summed E-state index contributed by atoms with van der Waals surface area (Å²) in [5.41, 5.74) is 1.71. The van der Waals surface area contributed by atoms with Crippen LogP contribution in [0.3, 0.4) is 0 Å². The molecule has 0 saturated heterocycles. The third-order valence-electron chi connectivity index (χ3n) is 6.93. The number of rotatable bonds is 13. The normalized spacial score (nSPS) is 13.2. The van der Waals surface area contributed by atoms with Gasteiger partial charge in [0.2, 0.25) is 21.8 Å². The van der Waals surface area contributed by atoms with Gasteiger partial charge < -0.3 is 19.7 Å².